The quantitative estimate of drug-likeness (QED) is 0.747. The smallest absolute Gasteiger partial charge is 0.251 e. The van der Waals surface area contributed by atoms with Gasteiger partial charge in [0.15, 0.2) is 0 Å². The first-order valence-corrected chi connectivity index (χ1v) is 5.88. The van der Waals surface area contributed by atoms with E-state index in [2.05, 4.69) is 12.2 Å². The predicted octanol–water partition coefficient (Wildman–Crippen LogP) is 1.52. The molecule has 0 fully saturated rings. The Morgan fingerprint density at radius 1 is 1.53 bits per heavy atom. The van der Waals surface area contributed by atoms with Gasteiger partial charge in [-0.05, 0) is 24.0 Å². The molecule has 0 saturated heterocycles. The van der Waals surface area contributed by atoms with Crippen molar-refractivity contribution in [2.24, 2.45) is 0 Å². The van der Waals surface area contributed by atoms with Crippen LogP contribution in [0.15, 0.2) is 29.2 Å². The molecule has 0 heterocycles. The van der Waals surface area contributed by atoms with E-state index in [-0.39, 0.29) is 12.5 Å². The highest BCUT2D eigenvalue weighted by atomic mass is 32.2. The fourth-order valence-electron chi connectivity index (χ4n) is 1.17. The number of hydrogen-bond acceptors (Lipinski definition) is 3. The molecular weight excluding hydrogens is 210 g/mol. The number of carbonyl (C=O) groups excluding carboxylic acids is 1. The van der Waals surface area contributed by atoms with Crippen LogP contribution in [0, 0.1) is 0 Å². The maximum atomic E-state index is 11.5. The highest BCUT2D eigenvalue weighted by Gasteiger charge is 2.04. The lowest BCUT2D eigenvalue weighted by Crippen LogP contribution is -2.26. The van der Waals surface area contributed by atoms with Crippen molar-refractivity contribution in [3.8, 4) is 0 Å². The van der Waals surface area contributed by atoms with E-state index >= 15 is 0 Å². The molecule has 1 rings (SSSR count). The Bertz CT molecular complexity index is 328. The molecule has 0 radical (unpaired) electrons. The molecular formula is C11H15NO2S. The summed E-state index contributed by atoms with van der Waals surface area (Å²) in [6, 6.07) is 7.48. The first kappa shape index (κ1) is 12.1. The lowest BCUT2D eigenvalue weighted by Gasteiger charge is -2.04. The van der Waals surface area contributed by atoms with Gasteiger partial charge in [0.1, 0.15) is 0 Å². The largest absolute Gasteiger partial charge is 0.395 e. The van der Waals surface area contributed by atoms with Gasteiger partial charge in [0.25, 0.3) is 5.91 Å². The van der Waals surface area contributed by atoms with Gasteiger partial charge in [-0.2, -0.15) is 0 Å². The summed E-state index contributed by atoms with van der Waals surface area (Å²) in [6.45, 7) is 2.34. The summed E-state index contributed by atoms with van der Waals surface area (Å²) in [6.07, 6.45) is 0. The third-order valence-electron chi connectivity index (χ3n) is 1.80. The average molecular weight is 225 g/mol. The first-order valence-electron chi connectivity index (χ1n) is 4.90. The Morgan fingerprint density at radius 2 is 2.33 bits per heavy atom. The minimum absolute atomic E-state index is 0.0326. The Morgan fingerprint density at radius 3 is 3.00 bits per heavy atom. The predicted molar refractivity (Wildman–Crippen MR) is 62.3 cm³/mol. The molecule has 15 heavy (non-hydrogen) atoms. The summed E-state index contributed by atoms with van der Waals surface area (Å²) in [5.41, 5.74) is 0.641. The number of thioether (sulfide) groups is 1. The second-order valence-corrected chi connectivity index (χ2v) is 4.28. The van der Waals surface area contributed by atoms with Gasteiger partial charge in [0.2, 0.25) is 0 Å². The van der Waals surface area contributed by atoms with E-state index in [0.717, 1.165) is 10.6 Å². The van der Waals surface area contributed by atoms with Crippen molar-refractivity contribution < 1.29 is 9.90 Å². The van der Waals surface area contributed by atoms with Crippen molar-refractivity contribution in [2.75, 3.05) is 18.9 Å². The van der Waals surface area contributed by atoms with E-state index < -0.39 is 0 Å². The number of rotatable bonds is 5. The maximum Gasteiger partial charge on any atom is 0.251 e. The van der Waals surface area contributed by atoms with E-state index in [4.69, 9.17) is 5.11 Å². The highest BCUT2D eigenvalue weighted by molar-refractivity contribution is 7.99. The van der Waals surface area contributed by atoms with Crippen molar-refractivity contribution in [3.05, 3.63) is 29.8 Å². The molecule has 0 aliphatic heterocycles. The van der Waals surface area contributed by atoms with Gasteiger partial charge in [0, 0.05) is 17.0 Å². The number of benzene rings is 1. The highest BCUT2D eigenvalue weighted by Crippen LogP contribution is 2.18. The number of aliphatic hydroxyl groups excluding tert-OH is 1. The molecule has 0 spiro atoms. The van der Waals surface area contributed by atoms with E-state index in [1.807, 2.05) is 18.2 Å². The third-order valence-corrected chi connectivity index (χ3v) is 2.68. The molecule has 1 aromatic rings. The van der Waals surface area contributed by atoms with Crippen molar-refractivity contribution >= 4 is 17.7 Å². The molecule has 2 N–H and O–H groups in total. The van der Waals surface area contributed by atoms with Gasteiger partial charge < -0.3 is 10.4 Å². The molecule has 0 bridgehead atoms. The van der Waals surface area contributed by atoms with Crippen LogP contribution in [0.4, 0.5) is 0 Å². The van der Waals surface area contributed by atoms with Gasteiger partial charge >= 0.3 is 0 Å². The molecule has 1 aromatic carbocycles. The second kappa shape index (κ2) is 6.48. The number of carbonyl (C=O) groups is 1. The summed E-state index contributed by atoms with van der Waals surface area (Å²) >= 11 is 1.70. The molecule has 3 nitrogen and oxygen atoms in total. The van der Waals surface area contributed by atoms with Crippen molar-refractivity contribution in [2.45, 2.75) is 11.8 Å². The number of nitrogens with one attached hydrogen (secondary N) is 1. The summed E-state index contributed by atoms with van der Waals surface area (Å²) < 4.78 is 0. The fraction of sp³-hybridized carbons (Fsp3) is 0.364. The van der Waals surface area contributed by atoms with Crippen molar-refractivity contribution in [1.82, 2.24) is 5.32 Å². The lowest BCUT2D eigenvalue weighted by molar-refractivity contribution is 0.0944. The van der Waals surface area contributed by atoms with Gasteiger partial charge in [-0.15, -0.1) is 11.8 Å². The van der Waals surface area contributed by atoms with E-state index in [1.54, 1.807) is 17.8 Å². The van der Waals surface area contributed by atoms with E-state index in [0.29, 0.717) is 12.1 Å². The SMILES string of the molecule is CCSc1cccc(C(=O)NCCO)c1. The van der Waals surface area contributed by atoms with Gasteiger partial charge in [-0.3, -0.25) is 4.79 Å². The Kier molecular flexibility index (Phi) is 5.21. The molecule has 0 aromatic heterocycles. The van der Waals surface area contributed by atoms with Crippen LogP contribution in [0.2, 0.25) is 0 Å². The zero-order valence-electron chi connectivity index (χ0n) is 8.69. The minimum atomic E-state index is -0.136. The van der Waals surface area contributed by atoms with Crippen LogP contribution in [0.1, 0.15) is 17.3 Å². The van der Waals surface area contributed by atoms with Crippen LogP contribution in [0.25, 0.3) is 0 Å². The molecule has 4 heteroatoms. The summed E-state index contributed by atoms with van der Waals surface area (Å²) in [5, 5.41) is 11.2. The fourth-order valence-corrected chi connectivity index (χ4v) is 1.88. The van der Waals surface area contributed by atoms with Crippen LogP contribution >= 0.6 is 11.8 Å². The average Bonchev–Trinajstić information content (AvgIpc) is 2.27. The summed E-state index contributed by atoms with van der Waals surface area (Å²) in [5.74, 6) is 0.851. The van der Waals surface area contributed by atoms with Crippen LogP contribution in [0.3, 0.4) is 0 Å². The monoisotopic (exact) mass is 225 g/mol. The van der Waals surface area contributed by atoms with Crippen LogP contribution < -0.4 is 5.32 Å². The van der Waals surface area contributed by atoms with Gasteiger partial charge in [-0.25, -0.2) is 0 Å². The lowest BCUT2D eigenvalue weighted by atomic mass is 10.2. The zero-order valence-corrected chi connectivity index (χ0v) is 9.51. The Balaban J connectivity index is 2.67. The number of aliphatic hydroxyl groups is 1. The molecule has 0 atom stereocenters. The standard InChI is InChI=1S/C11H15NO2S/c1-2-15-10-5-3-4-9(8-10)11(14)12-6-7-13/h3-5,8,13H,2,6-7H2,1H3,(H,12,14). The molecule has 0 unspecified atom stereocenters. The normalized spacial score (nSPS) is 10.0. The topological polar surface area (TPSA) is 49.3 Å². The minimum Gasteiger partial charge on any atom is -0.395 e. The molecule has 0 saturated carbocycles. The maximum absolute atomic E-state index is 11.5. The van der Waals surface area contributed by atoms with Crippen LogP contribution in [-0.4, -0.2) is 29.9 Å². The van der Waals surface area contributed by atoms with Crippen molar-refractivity contribution in [1.29, 1.82) is 0 Å². The third kappa shape index (κ3) is 3.93. The van der Waals surface area contributed by atoms with Crippen LogP contribution in [0.5, 0.6) is 0 Å². The van der Waals surface area contributed by atoms with E-state index in [1.165, 1.54) is 0 Å². The molecule has 0 aliphatic rings. The number of amides is 1. The Labute approximate surface area is 93.9 Å². The summed E-state index contributed by atoms with van der Waals surface area (Å²) in [7, 11) is 0. The Hall–Kier alpha value is -1.00. The number of hydrogen-bond donors (Lipinski definition) is 2. The first-order chi connectivity index (χ1) is 7.27. The van der Waals surface area contributed by atoms with Gasteiger partial charge in [-0.1, -0.05) is 13.0 Å². The zero-order chi connectivity index (χ0) is 11.1. The second-order valence-electron chi connectivity index (χ2n) is 2.94. The summed E-state index contributed by atoms with van der Waals surface area (Å²) in [4.78, 5) is 12.6. The van der Waals surface area contributed by atoms with Crippen molar-refractivity contribution in [3.63, 3.8) is 0 Å². The van der Waals surface area contributed by atoms with E-state index in [9.17, 15) is 4.79 Å². The molecule has 0 aliphatic carbocycles. The molecule has 82 valence electrons. The molecule has 1 amide bonds. The van der Waals surface area contributed by atoms with Crippen LogP contribution in [-0.2, 0) is 0 Å². The van der Waals surface area contributed by atoms with Gasteiger partial charge in [0.05, 0.1) is 6.61 Å².